The average Bonchev–Trinajstić information content (AvgIpc) is 2.96. The molecule has 0 radical (unpaired) electrons. The van der Waals surface area contributed by atoms with E-state index < -0.39 is 0 Å². The van der Waals surface area contributed by atoms with Gasteiger partial charge < -0.3 is 19.7 Å². The number of hydrogen-bond donors (Lipinski definition) is 2. The minimum atomic E-state index is 0.357. The third kappa shape index (κ3) is 6.04. The number of nitrogens with two attached hydrogens (primary N) is 1. The highest BCUT2D eigenvalue weighted by molar-refractivity contribution is 5.45. The second-order valence-electron chi connectivity index (χ2n) is 7.39. The van der Waals surface area contributed by atoms with Crippen LogP contribution in [0, 0.1) is 5.92 Å². The number of likely N-dealkylation sites (N-methyl/N-ethyl adjacent to an activating group) is 1. The van der Waals surface area contributed by atoms with Crippen molar-refractivity contribution < 1.29 is 19.7 Å². The molecule has 0 unspecified atom stereocenters. The Morgan fingerprint density at radius 2 is 1.83 bits per heavy atom. The summed E-state index contributed by atoms with van der Waals surface area (Å²) < 4.78 is 11.0. The van der Waals surface area contributed by atoms with Gasteiger partial charge in [0, 0.05) is 6.42 Å². The molecule has 0 saturated carbocycles. The van der Waals surface area contributed by atoms with Gasteiger partial charge in [0.15, 0.2) is 11.5 Å². The molecule has 1 aromatic carbocycles. The van der Waals surface area contributed by atoms with Crippen molar-refractivity contribution in [2.75, 3.05) is 40.5 Å². The van der Waals surface area contributed by atoms with Gasteiger partial charge in [0.25, 0.3) is 0 Å². The van der Waals surface area contributed by atoms with E-state index in [4.69, 9.17) is 9.47 Å². The maximum Gasteiger partial charge on any atom is 0.231 e. The lowest BCUT2D eigenvalue weighted by molar-refractivity contribution is -0.874. The predicted molar refractivity (Wildman–Crippen MR) is 93.3 cm³/mol. The first kappa shape index (κ1) is 18.1. The van der Waals surface area contributed by atoms with Crippen molar-refractivity contribution in [1.29, 1.82) is 0 Å². The van der Waals surface area contributed by atoms with E-state index >= 15 is 0 Å². The number of benzene rings is 1. The molecular weight excluding hydrogens is 288 g/mol. The number of fused-ring (bicyclic) bond motifs is 1. The van der Waals surface area contributed by atoms with Crippen molar-refractivity contribution in [2.45, 2.75) is 39.0 Å². The molecule has 0 amide bonds. The van der Waals surface area contributed by atoms with Crippen LogP contribution in [0.15, 0.2) is 18.2 Å². The van der Waals surface area contributed by atoms with Crippen LogP contribution in [0.4, 0.5) is 0 Å². The lowest BCUT2D eigenvalue weighted by Gasteiger charge is -2.18. The third-order valence-electron chi connectivity index (χ3n) is 4.53. The molecule has 1 aromatic rings. The van der Waals surface area contributed by atoms with Gasteiger partial charge >= 0.3 is 0 Å². The molecule has 0 aliphatic carbocycles. The predicted octanol–water partition coefficient (Wildman–Crippen LogP) is 1.03. The number of ether oxygens (including phenoxy) is 2. The van der Waals surface area contributed by atoms with Crippen LogP contribution in [0.1, 0.15) is 44.6 Å². The van der Waals surface area contributed by atoms with Crippen LogP contribution < -0.4 is 19.7 Å². The molecule has 4 heteroatoms. The molecule has 23 heavy (non-hydrogen) atoms. The van der Waals surface area contributed by atoms with Crippen LogP contribution in [0.5, 0.6) is 11.5 Å². The van der Waals surface area contributed by atoms with E-state index in [1.54, 1.807) is 0 Å². The molecular formula is C19H34N2O2+2. The second kappa shape index (κ2) is 9.14. The van der Waals surface area contributed by atoms with Crippen molar-refractivity contribution in [3.63, 3.8) is 0 Å². The van der Waals surface area contributed by atoms with Gasteiger partial charge in [0.1, 0.15) is 13.1 Å². The summed E-state index contributed by atoms with van der Waals surface area (Å²) in [5, 5.41) is 2.46. The minimum Gasteiger partial charge on any atom is -0.454 e. The Bertz CT molecular complexity index is 474. The molecule has 2 rings (SSSR count). The Labute approximate surface area is 141 Å². The van der Waals surface area contributed by atoms with Crippen LogP contribution in [-0.4, -0.2) is 40.5 Å². The van der Waals surface area contributed by atoms with Gasteiger partial charge in [-0.25, -0.2) is 0 Å². The van der Waals surface area contributed by atoms with E-state index in [9.17, 15) is 0 Å². The quantitative estimate of drug-likeness (QED) is 0.632. The van der Waals surface area contributed by atoms with Crippen LogP contribution in [0.3, 0.4) is 0 Å². The molecule has 1 aliphatic rings. The van der Waals surface area contributed by atoms with Gasteiger partial charge in [-0.15, -0.1) is 0 Å². The van der Waals surface area contributed by atoms with Gasteiger partial charge in [-0.05, 0) is 36.0 Å². The summed E-state index contributed by atoms with van der Waals surface area (Å²) in [6, 6.07) is 6.49. The maximum atomic E-state index is 5.55. The zero-order valence-electron chi connectivity index (χ0n) is 15.2. The SMILES string of the molecule is CC(C)CC[C@H](CC[NH2+]CC[NH+](C)C)c1ccc2c(c1)OCO2. The number of hydrogen-bond acceptors (Lipinski definition) is 2. The molecule has 0 saturated heterocycles. The van der Waals surface area contributed by atoms with Crippen molar-refractivity contribution >= 4 is 0 Å². The largest absolute Gasteiger partial charge is 0.454 e. The van der Waals surface area contributed by atoms with E-state index in [2.05, 4.69) is 51.5 Å². The summed E-state index contributed by atoms with van der Waals surface area (Å²) in [5.74, 6) is 3.18. The molecule has 3 N–H and O–H groups in total. The van der Waals surface area contributed by atoms with Crippen molar-refractivity contribution in [3.8, 4) is 11.5 Å². The monoisotopic (exact) mass is 322 g/mol. The standard InChI is InChI=1S/C19H32N2O2/c1-15(2)5-6-16(9-10-20-11-12-21(3)4)17-7-8-18-19(13-17)23-14-22-18/h7-8,13,15-16,20H,5-6,9-12,14H2,1-4H3/p+2/t16-/m1/s1. The van der Waals surface area contributed by atoms with Crippen LogP contribution in [-0.2, 0) is 0 Å². The molecule has 1 aliphatic heterocycles. The fraction of sp³-hybridized carbons (Fsp3) is 0.684. The summed E-state index contributed by atoms with van der Waals surface area (Å²) in [6.45, 7) is 8.60. The number of quaternary nitrogens is 2. The fourth-order valence-corrected chi connectivity index (χ4v) is 3.03. The van der Waals surface area contributed by atoms with Gasteiger partial charge in [-0.3, -0.25) is 0 Å². The highest BCUT2D eigenvalue weighted by Gasteiger charge is 2.18. The summed E-state index contributed by atoms with van der Waals surface area (Å²) in [7, 11) is 4.43. The highest BCUT2D eigenvalue weighted by Crippen LogP contribution is 2.36. The van der Waals surface area contributed by atoms with Crippen LogP contribution in [0.2, 0.25) is 0 Å². The molecule has 0 spiro atoms. The Morgan fingerprint density at radius 3 is 2.57 bits per heavy atom. The van der Waals surface area contributed by atoms with E-state index in [1.165, 1.54) is 49.4 Å². The average molecular weight is 322 g/mol. The third-order valence-corrected chi connectivity index (χ3v) is 4.53. The Hall–Kier alpha value is -1.26. The van der Waals surface area contributed by atoms with E-state index in [-0.39, 0.29) is 0 Å². The molecule has 0 aromatic heterocycles. The lowest BCUT2D eigenvalue weighted by atomic mass is 9.88. The molecule has 0 fully saturated rings. The van der Waals surface area contributed by atoms with Gasteiger partial charge in [-0.2, -0.15) is 0 Å². The number of nitrogens with one attached hydrogen (secondary N) is 1. The Morgan fingerprint density at radius 1 is 1.04 bits per heavy atom. The summed E-state index contributed by atoms with van der Waals surface area (Å²) in [4.78, 5) is 1.52. The Balaban J connectivity index is 1.90. The summed E-state index contributed by atoms with van der Waals surface area (Å²) in [5.41, 5.74) is 1.40. The first-order valence-electron chi connectivity index (χ1n) is 9.06. The van der Waals surface area contributed by atoms with E-state index in [1.807, 2.05) is 0 Å². The molecule has 1 atom stereocenters. The smallest absolute Gasteiger partial charge is 0.231 e. The number of rotatable bonds is 10. The van der Waals surface area contributed by atoms with E-state index in [0.717, 1.165) is 17.4 Å². The first-order valence-corrected chi connectivity index (χ1v) is 9.06. The normalized spacial score (nSPS) is 14.7. The van der Waals surface area contributed by atoms with Crippen LogP contribution in [0.25, 0.3) is 0 Å². The molecule has 1 heterocycles. The zero-order valence-corrected chi connectivity index (χ0v) is 15.2. The first-order chi connectivity index (χ1) is 11.1. The van der Waals surface area contributed by atoms with Crippen molar-refractivity contribution in [3.05, 3.63) is 23.8 Å². The zero-order chi connectivity index (χ0) is 16.7. The summed E-state index contributed by atoms with van der Waals surface area (Å²) >= 11 is 0. The fourth-order valence-electron chi connectivity index (χ4n) is 3.03. The molecule has 4 nitrogen and oxygen atoms in total. The Kier molecular flexibility index (Phi) is 7.18. The minimum absolute atomic E-state index is 0.357. The molecule has 0 bridgehead atoms. The van der Waals surface area contributed by atoms with Crippen LogP contribution >= 0.6 is 0 Å². The second-order valence-corrected chi connectivity index (χ2v) is 7.39. The maximum absolute atomic E-state index is 5.55. The van der Waals surface area contributed by atoms with Gasteiger partial charge in [0.05, 0.1) is 20.6 Å². The van der Waals surface area contributed by atoms with Crippen molar-refractivity contribution in [1.82, 2.24) is 0 Å². The highest BCUT2D eigenvalue weighted by atomic mass is 16.7. The van der Waals surface area contributed by atoms with Gasteiger partial charge in [-0.1, -0.05) is 26.3 Å². The van der Waals surface area contributed by atoms with Gasteiger partial charge in [0.2, 0.25) is 6.79 Å². The van der Waals surface area contributed by atoms with E-state index in [0.29, 0.717) is 12.7 Å². The lowest BCUT2D eigenvalue weighted by Crippen LogP contribution is -3.09. The summed E-state index contributed by atoms with van der Waals surface area (Å²) in [6.07, 6.45) is 3.76. The molecule has 130 valence electrons. The topological polar surface area (TPSA) is 39.5 Å². The van der Waals surface area contributed by atoms with Crippen molar-refractivity contribution in [2.24, 2.45) is 5.92 Å².